The van der Waals surface area contributed by atoms with E-state index in [9.17, 15) is 22.4 Å². The number of benzene rings is 1. The highest BCUT2D eigenvalue weighted by Crippen LogP contribution is 2.27. The molecular formula is C16H14F4N4O. The van der Waals surface area contributed by atoms with Gasteiger partial charge in [0.25, 0.3) is 5.91 Å². The Kier molecular flexibility index (Phi) is 4.56. The highest BCUT2D eigenvalue weighted by atomic mass is 19.4. The fourth-order valence-corrected chi connectivity index (χ4v) is 2.59. The molecule has 1 amide bonds. The largest absolute Gasteiger partial charge is 0.435 e. The number of alkyl halides is 3. The number of amides is 1. The third-order valence-electron chi connectivity index (χ3n) is 3.94. The van der Waals surface area contributed by atoms with E-state index in [-0.39, 0.29) is 5.56 Å². The van der Waals surface area contributed by atoms with Gasteiger partial charge in [0.1, 0.15) is 5.82 Å². The van der Waals surface area contributed by atoms with Crippen molar-refractivity contribution in [3.8, 4) is 0 Å². The number of aromatic nitrogens is 2. The second kappa shape index (κ2) is 6.66. The number of carbonyl (C=O) groups is 1. The molecule has 1 fully saturated rings. The molecule has 3 rings (SSSR count). The molecule has 0 atom stereocenters. The van der Waals surface area contributed by atoms with Crippen LogP contribution in [0.15, 0.2) is 36.4 Å². The van der Waals surface area contributed by atoms with Gasteiger partial charge in [0.15, 0.2) is 11.5 Å². The molecule has 0 spiro atoms. The molecule has 0 saturated carbocycles. The van der Waals surface area contributed by atoms with Crippen molar-refractivity contribution in [1.29, 1.82) is 0 Å². The number of nitrogens with zero attached hydrogens (tertiary/aromatic N) is 4. The molecule has 25 heavy (non-hydrogen) atoms. The predicted molar refractivity (Wildman–Crippen MR) is 81.6 cm³/mol. The maximum Gasteiger partial charge on any atom is 0.435 e. The fraction of sp³-hybridized carbons (Fsp3) is 0.312. The van der Waals surface area contributed by atoms with Gasteiger partial charge in [-0.25, -0.2) is 4.39 Å². The molecule has 1 aliphatic rings. The summed E-state index contributed by atoms with van der Waals surface area (Å²) in [5, 5.41) is 6.80. The lowest BCUT2D eigenvalue weighted by Crippen LogP contribution is -2.49. The Balaban J connectivity index is 1.64. The van der Waals surface area contributed by atoms with Crippen LogP contribution in [0, 0.1) is 5.82 Å². The summed E-state index contributed by atoms with van der Waals surface area (Å²) in [4.78, 5) is 15.6. The normalized spacial score (nSPS) is 15.4. The van der Waals surface area contributed by atoms with Crippen LogP contribution in [0.1, 0.15) is 16.1 Å². The number of anilines is 1. The van der Waals surface area contributed by atoms with Gasteiger partial charge in [-0.05, 0) is 24.3 Å². The first-order chi connectivity index (χ1) is 11.9. The minimum atomic E-state index is -4.53. The molecule has 0 unspecified atom stereocenters. The lowest BCUT2D eigenvalue weighted by molar-refractivity contribution is -0.141. The summed E-state index contributed by atoms with van der Waals surface area (Å²) in [6.07, 6.45) is -4.53. The average Bonchev–Trinajstić information content (AvgIpc) is 2.61. The maximum absolute atomic E-state index is 13.7. The number of halogens is 4. The van der Waals surface area contributed by atoms with E-state index in [1.54, 1.807) is 11.0 Å². The summed E-state index contributed by atoms with van der Waals surface area (Å²) in [6.45, 7) is 1.38. The Morgan fingerprint density at radius 3 is 2.20 bits per heavy atom. The Morgan fingerprint density at radius 2 is 1.64 bits per heavy atom. The van der Waals surface area contributed by atoms with Crippen LogP contribution in [0.3, 0.4) is 0 Å². The average molecular weight is 354 g/mol. The van der Waals surface area contributed by atoms with Gasteiger partial charge in [-0.15, -0.1) is 10.2 Å². The van der Waals surface area contributed by atoms with Gasteiger partial charge in [-0.1, -0.05) is 12.1 Å². The fourth-order valence-electron chi connectivity index (χ4n) is 2.59. The van der Waals surface area contributed by atoms with E-state index >= 15 is 0 Å². The smallest absolute Gasteiger partial charge is 0.352 e. The third kappa shape index (κ3) is 3.70. The maximum atomic E-state index is 13.7. The molecule has 2 heterocycles. The van der Waals surface area contributed by atoms with Crippen LogP contribution in [0.5, 0.6) is 0 Å². The van der Waals surface area contributed by atoms with Crippen LogP contribution in [0.25, 0.3) is 0 Å². The van der Waals surface area contributed by atoms with E-state index in [1.807, 2.05) is 0 Å². The van der Waals surface area contributed by atoms with Crippen molar-refractivity contribution >= 4 is 11.7 Å². The Hall–Kier alpha value is -2.71. The SMILES string of the molecule is O=C(c1ccccc1F)N1CCN(c2ccc(C(F)(F)F)nn2)CC1. The lowest BCUT2D eigenvalue weighted by Gasteiger charge is -2.35. The predicted octanol–water partition coefficient (Wildman–Crippen LogP) is 2.60. The summed E-state index contributed by atoms with van der Waals surface area (Å²) in [6, 6.07) is 7.87. The highest BCUT2D eigenvalue weighted by Gasteiger charge is 2.33. The quantitative estimate of drug-likeness (QED) is 0.778. The van der Waals surface area contributed by atoms with E-state index in [2.05, 4.69) is 10.2 Å². The number of carbonyl (C=O) groups excluding carboxylic acids is 1. The molecule has 132 valence electrons. The molecule has 5 nitrogen and oxygen atoms in total. The third-order valence-corrected chi connectivity index (χ3v) is 3.94. The van der Waals surface area contributed by atoms with Crippen LogP contribution in [-0.2, 0) is 6.18 Å². The van der Waals surface area contributed by atoms with Gasteiger partial charge in [0.05, 0.1) is 5.56 Å². The summed E-state index contributed by atoms with van der Waals surface area (Å²) < 4.78 is 51.2. The van der Waals surface area contributed by atoms with Crippen molar-refractivity contribution in [3.05, 3.63) is 53.5 Å². The van der Waals surface area contributed by atoms with Crippen LogP contribution in [0.4, 0.5) is 23.4 Å². The highest BCUT2D eigenvalue weighted by molar-refractivity contribution is 5.94. The molecule has 0 N–H and O–H groups in total. The second-order valence-electron chi connectivity index (χ2n) is 5.53. The Bertz CT molecular complexity index is 755. The molecule has 1 saturated heterocycles. The van der Waals surface area contributed by atoms with Gasteiger partial charge in [-0.2, -0.15) is 13.2 Å². The topological polar surface area (TPSA) is 49.3 Å². The molecule has 1 aromatic heterocycles. The molecule has 2 aromatic rings. The van der Waals surface area contributed by atoms with Gasteiger partial charge in [-0.3, -0.25) is 4.79 Å². The first-order valence-corrected chi connectivity index (χ1v) is 7.56. The van der Waals surface area contributed by atoms with E-state index in [1.165, 1.54) is 29.2 Å². The number of rotatable bonds is 2. The van der Waals surface area contributed by atoms with Crippen molar-refractivity contribution in [2.45, 2.75) is 6.18 Å². The van der Waals surface area contributed by atoms with E-state index < -0.39 is 23.6 Å². The van der Waals surface area contributed by atoms with Crippen molar-refractivity contribution < 1.29 is 22.4 Å². The lowest BCUT2D eigenvalue weighted by atomic mass is 10.1. The van der Waals surface area contributed by atoms with Gasteiger partial charge in [0, 0.05) is 26.2 Å². The first kappa shape index (κ1) is 17.1. The molecule has 0 bridgehead atoms. The van der Waals surface area contributed by atoms with Gasteiger partial charge < -0.3 is 9.80 Å². The second-order valence-corrected chi connectivity index (χ2v) is 5.53. The molecule has 1 aliphatic heterocycles. The summed E-state index contributed by atoms with van der Waals surface area (Å²) in [5.74, 6) is -0.675. The van der Waals surface area contributed by atoms with Crippen molar-refractivity contribution in [2.75, 3.05) is 31.1 Å². The zero-order valence-corrected chi connectivity index (χ0v) is 13.0. The molecule has 9 heteroatoms. The van der Waals surface area contributed by atoms with Gasteiger partial charge in [0.2, 0.25) is 0 Å². The van der Waals surface area contributed by atoms with E-state index in [0.29, 0.717) is 32.0 Å². The zero-order chi connectivity index (χ0) is 18.0. The number of piperazine rings is 1. The van der Waals surface area contributed by atoms with Crippen LogP contribution < -0.4 is 4.90 Å². The minimum absolute atomic E-state index is 0.00488. The van der Waals surface area contributed by atoms with Crippen LogP contribution in [-0.4, -0.2) is 47.2 Å². The van der Waals surface area contributed by atoms with Crippen LogP contribution >= 0.6 is 0 Å². The number of hydrogen-bond acceptors (Lipinski definition) is 4. The standard InChI is InChI=1S/C16H14F4N4O/c17-12-4-2-1-3-11(12)15(25)24-9-7-23(8-10-24)14-6-5-13(21-22-14)16(18,19)20/h1-6H,7-10H2. The molecular weight excluding hydrogens is 340 g/mol. The summed E-state index contributed by atoms with van der Waals surface area (Å²) in [7, 11) is 0. The van der Waals surface area contributed by atoms with E-state index in [0.717, 1.165) is 6.07 Å². The molecule has 1 aromatic carbocycles. The molecule has 0 radical (unpaired) electrons. The number of hydrogen-bond donors (Lipinski definition) is 0. The first-order valence-electron chi connectivity index (χ1n) is 7.56. The van der Waals surface area contributed by atoms with Crippen LogP contribution in [0.2, 0.25) is 0 Å². The van der Waals surface area contributed by atoms with Crippen molar-refractivity contribution in [1.82, 2.24) is 15.1 Å². The summed E-state index contributed by atoms with van der Waals surface area (Å²) >= 11 is 0. The Labute approximate surface area is 140 Å². The minimum Gasteiger partial charge on any atom is -0.352 e. The zero-order valence-electron chi connectivity index (χ0n) is 13.0. The Morgan fingerprint density at radius 1 is 0.960 bits per heavy atom. The van der Waals surface area contributed by atoms with Crippen molar-refractivity contribution in [2.24, 2.45) is 0 Å². The monoisotopic (exact) mass is 354 g/mol. The van der Waals surface area contributed by atoms with E-state index in [4.69, 9.17) is 0 Å². The molecule has 0 aliphatic carbocycles. The van der Waals surface area contributed by atoms with Gasteiger partial charge >= 0.3 is 6.18 Å². The summed E-state index contributed by atoms with van der Waals surface area (Å²) in [5.41, 5.74) is -1.05. The van der Waals surface area contributed by atoms with Crippen molar-refractivity contribution in [3.63, 3.8) is 0 Å².